The Labute approximate surface area is 245 Å². The number of aliphatic imine (C=N–C) groups is 1. The van der Waals surface area contributed by atoms with E-state index in [9.17, 15) is 14.7 Å². The number of carbonyl (C=O) groups is 2. The number of para-hydroxylation sites is 1. The monoisotopic (exact) mass is 585 g/mol. The number of piperidine rings is 1. The van der Waals surface area contributed by atoms with Crippen LogP contribution in [0.15, 0.2) is 65.7 Å². The van der Waals surface area contributed by atoms with E-state index in [4.69, 9.17) is 24.7 Å². The number of benzene rings is 2. The fourth-order valence-electron chi connectivity index (χ4n) is 4.54. The van der Waals surface area contributed by atoms with Crippen LogP contribution in [0.1, 0.15) is 24.0 Å². The molecule has 10 nitrogen and oxygen atoms in total. The molecule has 0 radical (unpaired) electrons. The Morgan fingerprint density at radius 3 is 2.39 bits per heavy atom. The van der Waals surface area contributed by atoms with Gasteiger partial charge in [-0.15, -0.1) is 0 Å². The lowest BCUT2D eigenvalue weighted by Crippen LogP contribution is -2.47. The van der Waals surface area contributed by atoms with Crippen molar-refractivity contribution in [2.75, 3.05) is 47.0 Å². The van der Waals surface area contributed by atoms with Gasteiger partial charge < -0.3 is 34.6 Å². The molecule has 2 aromatic rings. The Morgan fingerprint density at radius 2 is 1.76 bits per heavy atom. The van der Waals surface area contributed by atoms with E-state index in [1.165, 1.54) is 11.1 Å². The zero-order valence-corrected chi connectivity index (χ0v) is 24.3. The van der Waals surface area contributed by atoms with Gasteiger partial charge in [0.25, 0.3) is 0 Å². The SMILES string of the molecule is COc1ccc(CCOCC(O)CN2CCC(N(C)C3=Nc4ccccc4CS3)CC2)cc1.O=C(O)/C=C/C(=O)O. The molecule has 1 fully saturated rings. The van der Waals surface area contributed by atoms with Gasteiger partial charge in [0.15, 0.2) is 5.17 Å². The lowest BCUT2D eigenvalue weighted by Gasteiger charge is -2.39. The number of aliphatic hydroxyl groups excluding tert-OH is 1. The van der Waals surface area contributed by atoms with E-state index in [0.717, 1.165) is 54.7 Å². The summed E-state index contributed by atoms with van der Waals surface area (Å²) in [5.74, 6) is -0.663. The predicted octanol–water partition coefficient (Wildman–Crippen LogP) is 3.66. The van der Waals surface area contributed by atoms with Crippen LogP contribution in [0.5, 0.6) is 5.75 Å². The molecular formula is C30H39N3O7S. The highest BCUT2D eigenvalue weighted by atomic mass is 32.2. The van der Waals surface area contributed by atoms with Crippen LogP contribution >= 0.6 is 11.8 Å². The number of amidine groups is 1. The summed E-state index contributed by atoms with van der Waals surface area (Å²) in [7, 11) is 3.84. The molecule has 11 heteroatoms. The number of rotatable bonds is 11. The number of carboxylic acids is 2. The zero-order valence-electron chi connectivity index (χ0n) is 23.5. The molecule has 3 N–H and O–H groups in total. The van der Waals surface area contributed by atoms with Gasteiger partial charge in [-0.1, -0.05) is 42.1 Å². The van der Waals surface area contributed by atoms with Crippen molar-refractivity contribution in [1.29, 1.82) is 0 Å². The fourth-order valence-corrected chi connectivity index (χ4v) is 5.58. The maximum absolute atomic E-state index is 10.4. The average Bonchev–Trinajstić information content (AvgIpc) is 2.98. The van der Waals surface area contributed by atoms with Crippen molar-refractivity contribution < 1.29 is 34.4 Å². The molecule has 0 aliphatic carbocycles. The van der Waals surface area contributed by atoms with Gasteiger partial charge in [-0.2, -0.15) is 0 Å². The van der Waals surface area contributed by atoms with Crippen LogP contribution in [0.4, 0.5) is 5.69 Å². The minimum Gasteiger partial charge on any atom is -0.497 e. The second-order valence-electron chi connectivity index (χ2n) is 9.79. The first-order chi connectivity index (χ1) is 19.7. The molecule has 1 saturated heterocycles. The Bertz CT molecular complexity index is 1160. The molecule has 0 spiro atoms. The predicted molar refractivity (Wildman–Crippen MR) is 160 cm³/mol. The third-order valence-corrected chi connectivity index (χ3v) is 7.91. The summed E-state index contributed by atoms with van der Waals surface area (Å²) in [6.07, 6.45) is 3.67. The van der Waals surface area contributed by atoms with E-state index < -0.39 is 18.0 Å². The first-order valence-electron chi connectivity index (χ1n) is 13.5. The van der Waals surface area contributed by atoms with Crippen LogP contribution in [-0.2, 0) is 26.5 Å². The summed E-state index contributed by atoms with van der Waals surface area (Å²) in [5.41, 5.74) is 3.63. The van der Waals surface area contributed by atoms with E-state index in [1.54, 1.807) is 7.11 Å². The molecule has 1 atom stereocenters. The van der Waals surface area contributed by atoms with Crippen molar-refractivity contribution in [3.8, 4) is 5.75 Å². The van der Waals surface area contributed by atoms with Gasteiger partial charge in [0, 0.05) is 50.6 Å². The van der Waals surface area contributed by atoms with Crippen LogP contribution < -0.4 is 4.74 Å². The quantitative estimate of drug-likeness (QED) is 0.265. The number of hydrogen-bond donors (Lipinski definition) is 3. The third kappa shape index (κ3) is 11.2. The van der Waals surface area contributed by atoms with E-state index in [2.05, 4.69) is 53.2 Å². The Kier molecular flexibility index (Phi) is 13.2. The highest BCUT2D eigenvalue weighted by Crippen LogP contribution is 2.32. The molecule has 0 bridgehead atoms. The summed E-state index contributed by atoms with van der Waals surface area (Å²) >= 11 is 1.83. The van der Waals surface area contributed by atoms with Gasteiger partial charge in [0.05, 0.1) is 32.1 Å². The van der Waals surface area contributed by atoms with Gasteiger partial charge in [-0.3, -0.25) is 0 Å². The summed E-state index contributed by atoms with van der Waals surface area (Å²) < 4.78 is 10.9. The van der Waals surface area contributed by atoms with Crippen molar-refractivity contribution in [3.05, 3.63) is 71.8 Å². The number of likely N-dealkylation sites (tertiary alicyclic amines) is 1. The van der Waals surface area contributed by atoms with Crippen molar-refractivity contribution in [3.63, 3.8) is 0 Å². The van der Waals surface area contributed by atoms with E-state index in [1.807, 2.05) is 23.9 Å². The number of ether oxygens (including phenoxy) is 2. The Morgan fingerprint density at radius 1 is 1.10 bits per heavy atom. The number of β-amino-alcohol motifs (C(OH)–C–C–N with tert-alkyl or cyclic N) is 1. The van der Waals surface area contributed by atoms with Gasteiger partial charge in [-0.05, 0) is 48.6 Å². The molecular weight excluding hydrogens is 546 g/mol. The number of aliphatic carboxylic acids is 2. The highest BCUT2D eigenvalue weighted by molar-refractivity contribution is 8.13. The molecule has 4 rings (SSSR count). The van der Waals surface area contributed by atoms with Gasteiger partial charge in [0.1, 0.15) is 5.75 Å². The molecule has 2 aromatic carbocycles. The lowest BCUT2D eigenvalue weighted by molar-refractivity contribution is -0.134. The van der Waals surface area contributed by atoms with Gasteiger partial charge in [-0.25, -0.2) is 14.6 Å². The maximum Gasteiger partial charge on any atom is 0.328 e. The van der Waals surface area contributed by atoms with Crippen molar-refractivity contribution in [2.24, 2.45) is 4.99 Å². The molecule has 0 amide bonds. The number of nitrogens with zero attached hydrogens (tertiary/aromatic N) is 3. The number of thioether (sulfide) groups is 1. The van der Waals surface area contributed by atoms with Crippen molar-refractivity contribution in [2.45, 2.75) is 37.2 Å². The summed E-state index contributed by atoms with van der Waals surface area (Å²) in [6.45, 7) is 3.64. The standard InChI is InChI=1S/C26H35N3O3S.C4H4O4/c1-28(26-27-25-6-4-3-5-21(25)19-33-26)22-11-14-29(15-12-22)17-23(30)18-32-16-13-20-7-9-24(31-2)10-8-20;5-3(6)1-2-4(7)8/h3-10,22-23,30H,11-19H2,1-2H3;1-2H,(H,5,6)(H,7,8)/b;2-1+. The van der Waals surface area contributed by atoms with Crippen LogP contribution in [-0.4, -0.2) is 101 Å². The van der Waals surface area contributed by atoms with E-state index in [-0.39, 0.29) is 0 Å². The van der Waals surface area contributed by atoms with Crippen LogP contribution in [0.25, 0.3) is 0 Å². The molecule has 2 aliphatic heterocycles. The molecule has 0 aromatic heterocycles. The number of carboxylic acid groups (broad SMARTS) is 2. The third-order valence-electron chi connectivity index (χ3n) is 6.81. The number of methoxy groups -OCH3 is 1. The molecule has 41 heavy (non-hydrogen) atoms. The lowest BCUT2D eigenvalue weighted by atomic mass is 10.0. The van der Waals surface area contributed by atoms with E-state index >= 15 is 0 Å². The van der Waals surface area contributed by atoms with Crippen molar-refractivity contribution >= 4 is 34.6 Å². The minimum absolute atomic E-state index is 0.378. The first kappa shape index (κ1) is 32.1. The second kappa shape index (κ2) is 16.8. The smallest absolute Gasteiger partial charge is 0.328 e. The normalized spacial score (nSPS) is 16.2. The molecule has 0 saturated carbocycles. The summed E-state index contributed by atoms with van der Waals surface area (Å²) in [4.78, 5) is 28.7. The molecule has 1 unspecified atom stereocenters. The topological polar surface area (TPSA) is 132 Å². The minimum atomic E-state index is -1.26. The number of hydrogen-bond acceptors (Lipinski definition) is 9. The molecule has 222 valence electrons. The highest BCUT2D eigenvalue weighted by Gasteiger charge is 2.27. The number of fused-ring (bicyclic) bond motifs is 1. The van der Waals surface area contributed by atoms with Crippen LogP contribution in [0, 0.1) is 0 Å². The fraction of sp³-hybridized carbons (Fsp3) is 0.433. The molecule has 2 aliphatic rings. The Balaban J connectivity index is 0.000000507. The number of aliphatic hydroxyl groups is 1. The Hall–Kier alpha value is -3.38. The van der Waals surface area contributed by atoms with Gasteiger partial charge in [0.2, 0.25) is 0 Å². The largest absolute Gasteiger partial charge is 0.497 e. The molecule has 2 heterocycles. The summed E-state index contributed by atoms with van der Waals surface area (Å²) in [5, 5.41) is 27.2. The maximum atomic E-state index is 10.4. The first-order valence-corrected chi connectivity index (χ1v) is 14.5. The summed E-state index contributed by atoms with van der Waals surface area (Å²) in [6, 6.07) is 16.9. The van der Waals surface area contributed by atoms with Gasteiger partial charge >= 0.3 is 11.9 Å². The van der Waals surface area contributed by atoms with Crippen LogP contribution in [0.2, 0.25) is 0 Å². The zero-order chi connectivity index (χ0) is 29.6. The van der Waals surface area contributed by atoms with Crippen molar-refractivity contribution in [1.82, 2.24) is 9.80 Å². The second-order valence-corrected chi connectivity index (χ2v) is 10.7. The average molecular weight is 586 g/mol. The van der Waals surface area contributed by atoms with Crippen LogP contribution in [0.3, 0.4) is 0 Å². The van der Waals surface area contributed by atoms with E-state index in [0.29, 0.717) is 38.0 Å².